The van der Waals surface area contributed by atoms with Gasteiger partial charge >= 0.3 is 12.0 Å². The molecule has 0 bridgehead atoms. The molecule has 0 aliphatic rings. The minimum absolute atomic E-state index is 0.101. The van der Waals surface area contributed by atoms with Crippen LogP contribution in [0.5, 0.6) is 0 Å². The Bertz CT molecular complexity index is 590. The minimum atomic E-state index is -1.15. The lowest BCUT2D eigenvalue weighted by atomic mass is 10.3. The Morgan fingerprint density at radius 2 is 2.30 bits per heavy atom. The van der Waals surface area contributed by atoms with Crippen molar-refractivity contribution in [1.29, 1.82) is 0 Å². The van der Waals surface area contributed by atoms with Crippen LogP contribution in [0.25, 0.3) is 0 Å². The van der Waals surface area contributed by atoms with E-state index in [2.05, 4.69) is 20.6 Å². The summed E-state index contributed by atoms with van der Waals surface area (Å²) >= 11 is 0. The summed E-state index contributed by atoms with van der Waals surface area (Å²) in [5, 5.41) is 13.9. The number of aromatic carboxylic acids is 1. The molecule has 1 atom stereocenters. The highest BCUT2D eigenvalue weighted by molar-refractivity contribution is 5.84. The predicted octanol–water partition coefficient (Wildman–Crippen LogP) is 1.26. The first-order valence-electron chi connectivity index (χ1n) is 5.92. The van der Waals surface area contributed by atoms with Crippen molar-refractivity contribution in [3.63, 3.8) is 0 Å². The number of hydrogen-bond donors (Lipinski definition) is 4. The second kappa shape index (κ2) is 5.91. The quantitative estimate of drug-likeness (QED) is 0.656. The average Bonchev–Trinajstić information content (AvgIpc) is 3.07. The third kappa shape index (κ3) is 3.37. The summed E-state index contributed by atoms with van der Waals surface area (Å²) in [7, 11) is 0. The number of urea groups is 1. The molecule has 2 amide bonds. The van der Waals surface area contributed by atoms with E-state index in [-0.39, 0.29) is 18.3 Å². The van der Waals surface area contributed by atoms with Gasteiger partial charge < -0.3 is 25.1 Å². The van der Waals surface area contributed by atoms with Crippen molar-refractivity contribution in [2.24, 2.45) is 0 Å². The van der Waals surface area contributed by atoms with Crippen molar-refractivity contribution in [3.8, 4) is 0 Å². The first-order chi connectivity index (χ1) is 9.56. The van der Waals surface area contributed by atoms with E-state index in [0.717, 1.165) is 0 Å². The second-order valence-electron chi connectivity index (χ2n) is 4.09. The largest absolute Gasteiger partial charge is 0.475 e. The molecular weight excluding hydrogens is 264 g/mol. The molecule has 0 aliphatic heterocycles. The van der Waals surface area contributed by atoms with Gasteiger partial charge in [-0.05, 0) is 19.1 Å². The van der Waals surface area contributed by atoms with Crippen molar-refractivity contribution in [3.05, 3.63) is 41.9 Å². The Labute approximate surface area is 114 Å². The summed E-state index contributed by atoms with van der Waals surface area (Å²) < 4.78 is 5.01. The van der Waals surface area contributed by atoms with Crippen molar-refractivity contribution < 1.29 is 19.1 Å². The van der Waals surface area contributed by atoms with E-state index in [0.29, 0.717) is 11.6 Å². The van der Waals surface area contributed by atoms with Gasteiger partial charge in [-0.3, -0.25) is 0 Å². The number of carboxylic acids is 1. The van der Waals surface area contributed by atoms with Gasteiger partial charge in [0.15, 0.2) is 0 Å². The zero-order chi connectivity index (χ0) is 14.5. The zero-order valence-electron chi connectivity index (χ0n) is 10.7. The van der Waals surface area contributed by atoms with Crippen LogP contribution < -0.4 is 10.6 Å². The van der Waals surface area contributed by atoms with Crippen molar-refractivity contribution in [1.82, 2.24) is 20.6 Å². The fraction of sp³-hybridized carbons (Fsp3) is 0.250. The molecule has 20 heavy (non-hydrogen) atoms. The van der Waals surface area contributed by atoms with Gasteiger partial charge in [0.25, 0.3) is 0 Å². The molecule has 1 unspecified atom stereocenters. The minimum Gasteiger partial charge on any atom is -0.475 e. The molecule has 0 spiro atoms. The molecule has 2 heterocycles. The molecule has 8 nitrogen and oxygen atoms in total. The lowest BCUT2D eigenvalue weighted by Crippen LogP contribution is -2.36. The highest BCUT2D eigenvalue weighted by atomic mass is 16.4. The standard InChI is InChI=1S/C12H14N4O4/c1-7(10-13-4-5-14-10)16-12(19)15-6-8-2-3-9(20-8)11(17)18/h2-5,7H,6H2,1H3,(H,13,14)(H,17,18)(H2,15,16,19). The van der Waals surface area contributed by atoms with E-state index in [1.165, 1.54) is 12.1 Å². The van der Waals surface area contributed by atoms with Gasteiger partial charge in [0.1, 0.15) is 11.6 Å². The highest BCUT2D eigenvalue weighted by Crippen LogP contribution is 2.08. The summed E-state index contributed by atoms with van der Waals surface area (Å²) in [5.41, 5.74) is 0. The van der Waals surface area contributed by atoms with Crippen LogP contribution in [0, 0.1) is 0 Å². The van der Waals surface area contributed by atoms with Crippen molar-refractivity contribution >= 4 is 12.0 Å². The predicted molar refractivity (Wildman–Crippen MR) is 68.0 cm³/mol. The van der Waals surface area contributed by atoms with Gasteiger partial charge in [-0.25, -0.2) is 14.6 Å². The molecule has 0 aromatic carbocycles. The monoisotopic (exact) mass is 278 g/mol. The molecule has 2 aromatic rings. The molecule has 8 heteroatoms. The number of rotatable bonds is 5. The molecule has 0 saturated heterocycles. The second-order valence-corrected chi connectivity index (χ2v) is 4.09. The van der Waals surface area contributed by atoms with E-state index in [1.807, 2.05) is 0 Å². The molecule has 106 valence electrons. The van der Waals surface area contributed by atoms with Crippen molar-refractivity contribution in [2.75, 3.05) is 0 Å². The van der Waals surface area contributed by atoms with Gasteiger partial charge in [0.2, 0.25) is 5.76 Å². The van der Waals surface area contributed by atoms with E-state index < -0.39 is 12.0 Å². The number of aromatic nitrogens is 2. The van der Waals surface area contributed by atoms with E-state index in [9.17, 15) is 9.59 Å². The third-order valence-corrected chi connectivity index (χ3v) is 2.57. The van der Waals surface area contributed by atoms with Crippen molar-refractivity contribution in [2.45, 2.75) is 19.5 Å². The van der Waals surface area contributed by atoms with Crippen LogP contribution in [0.2, 0.25) is 0 Å². The van der Waals surface area contributed by atoms with Gasteiger partial charge in [-0.2, -0.15) is 0 Å². The number of nitrogens with zero attached hydrogens (tertiary/aromatic N) is 1. The van der Waals surface area contributed by atoms with Gasteiger partial charge in [-0.15, -0.1) is 0 Å². The number of furan rings is 1. The third-order valence-electron chi connectivity index (χ3n) is 2.57. The number of nitrogens with one attached hydrogen (secondary N) is 3. The van der Waals surface area contributed by atoms with Crippen LogP contribution in [0.3, 0.4) is 0 Å². The summed E-state index contributed by atoms with van der Waals surface area (Å²) in [5.74, 6) is -0.298. The Morgan fingerprint density at radius 3 is 2.90 bits per heavy atom. The molecule has 0 aliphatic carbocycles. The van der Waals surface area contributed by atoms with Crippen LogP contribution in [0.15, 0.2) is 28.9 Å². The van der Waals surface area contributed by atoms with Crippen LogP contribution in [0.1, 0.15) is 35.1 Å². The van der Waals surface area contributed by atoms with Crippen LogP contribution in [-0.4, -0.2) is 27.1 Å². The van der Waals surface area contributed by atoms with E-state index in [4.69, 9.17) is 9.52 Å². The first-order valence-corrected chi connectivity index (χ1v) is 5.92. The normalized spacial score (nSPS) is 11.8. The van der Waals surface area contributed by atoms with E-state index in [1.54, 1.807) is 19.3 Å². The summed E-state index contributed by atoms with van der Waals surface area (Å²) in [6.45, 7) is 1.89. The molecular formula is C12H14N4O4. The number of aromatic amines is 1. The zero-order valence-corrected chi connectivity index (χ0v) is 10.7. The fourth-order valence-corrected chi connectivity index (χ4v) is 1.59. The lowest BCUT2D eigenvalue weighted by molar-refractivity contribution is 0.0660. The Hall–Kier alpha value is -2.77. The van der Waals surface area contributed by atoms with Crippen LogP contribution in [-0.2, 0) is 6.54 Å². The van der Waals surface area contributed by atoms with Gasteiger partial charge in [0, 0.05) is 12.4 Å². The topological polar surface area (TPSA) is 120 Å². The molecule has 4 N–H and O–H groups in total. The molecule has 2 aromatic heterocycles. The Balaban J connectivity index is 1.81. The first kappa shape index (κ1) is 13.7. The lowest BCUT2D eigenvalue weighted by Gasteiger charge is -2.11. The number of hydrogen-bond acceptors (Lipinski definition) is 4. The maximum atomic E-state index is 11.6. The number of carboxylic acid groups (broad SMARTS) is 1. The van der Waals surface area contributed by atoms with Crippen LogP contribution >= 0.6 is 0 Å². The van der Waals surface area contributed by atoms with E-state index >= 15 is 0 Å². The summed E-state index contributed by atoms with van der Waals surface area (Å²) in [6.07, 6.45) is 3.27. The number of amides is 2. The molecule has 0 radical (unpaired) electrons. The number of H-pyrrole nitrogens is 1. The van der Waals surface area contributed by atoms with Gasteiger partial charge in [0.05, 0.1) is 12.6 Å². The number of imidazole rings is 1. The number of carbonyl (C=O) groups excluding carboxylic acids is 1. The van der Waals surface area contributed by atoms with Crippen LogP contribution in [0.4, 0.5) is 4.79 Å². The maximum absolute atomic E-state index is 11.6. The molecule has 0 saturated carbocycles. The SMILES string of the molecule is CC(NC(=O)NCc1ccc(C(=O)O)o1)c1ncc[nH]1. The highest BCUT2D eigenvalue weighted by Gasteiger charge is 2.12. The summed E-state index contributed by atoms with van der Waals surface area (Å²) in [6, 6.07) is 2.17. The average molecular weight is 278 g/mol. The Kier molecular flexibility index (Phi) is 4.04. The maximum Gasteiger partial charge on any atom is 0.371 e. The summed E-state index contributed by atoms with van der Waals surface area (Å²) in [4.78, 5) is 29.2. The fourth-order valence-electron chi connectivity index (χ4n) is 1.59. The molecule has 0 fully saturated rings. The molecule has 2 rings (SSSR count). The smallest absolute Gasteiger partial charge is 0.371 e. The number of carbonyl (C=O) groups is 2. The van der Waals surface area contributed by atoms with Gasteiger partial charge in [-0.1, -0.05) is 0 Å². The Morgan fingerprint density at radius 1 is 1.50 bits per heavy atom.